The lowest BCUT2D eigenvalue weighted by atomic mass is 10.0. The van der Waals surface area contributed by atoms with Crippen LogP contribution >= 0.6 is 0 Å². The van der Waals surface area contributed by atoms with Crippen molar-refractivity contribution in [1.82, 2.24) is 0 Å². The van der Waals surface area contributed by atoms with Gasteiger partial charge >= 0.3 is 0 Å². The first kappa shape index (κ1) is 27.2. The Hall–Kier alpha value is -0.0400. The Bertz CT molecular complexity index is 171. The van der Waals surface area contributed by atoms with Gasteiger partial charge in [0.2, 0.25) is 0 Å². The topological polar surface area (TPSA) is 20.2 Å². The van der Waals surface area contributed by atoms with E-state index in [1.807, 2.05) is 0 Å². The molecular formula is C24H52O. The van der Waals surface area contributed by atoms with E-state index in [1.165, 1.54) is 122 Å². The predicted molar refractivity (Wildman–Crippen MR) is 116 cm³/mol. The molecule has 0 aromatic heterocycles. The van der Waals surface area contributed by atoms with Gasteiger partial charge in [-0.15, -0.1) is 0 Å². The van der Waals surface area contributed by atoms with Crippen LogP contribution in [0.2, 0.25) is 0 Å². The molecule has 0 aromatic rings. The van der Waals surface area contributed by atoms with Crippen molar-refractivity contribution in [3.63, 3.8) is 0 Å². The van der Waals surface area contributed by atoms with Crippen molar-refractivity contribution in [3.05, 3.63) is 0 Å². The van der Waals surface area contributed by atoms with Crippen LogP contribution in [0.15, 0.2) is 0 Å². The standard InChI is InChI=1S/C18H38O.C6H14/c1-2-3-4-5-6-7-8-9-10-11-12-13-14-15-16-17-18-19;1-3-5-6-4-2/h19H,2-18H2,1H3;3-6H2,1-2H3. The van der Waals surface area contributed by atoms with Crippen LogP contribution in [-0.2, 0) is 0 Å². The molecule has 154 valence electrons. The van der Waals surface area contributed by atoms with E-state index in [9.17, 15) is 0 Å². The zero-order valence-electron chi connectivity index (χ0n) is 18.3. The molecule has 1 heteroatoms. The molecule has 0 aliphatic rings. The van der Waals surface area contributed by atoms with E-state index in [4.69, 9.17) is 5.11 Å². The highest BCUT2D eigenvalue weighted by Crippen LogP contribution is 2.13. The van der Waals surface area contributed by atoms with Gasteiger partial charge in [-0.25, -0.2) is 0 Å². The summed E-state index contributed by atoms with van der Waals surface area (Å²) in [6.45, 7) is 7.12. The number of aliphatic hydroxyl groups is 1. The quantitative estimate of drug-likeness (QED) is 0.229. The summed E-state index contributed by atoms with van der Waals surface area (Å²) in [6.07, 6.45) is 27.7. The summed E-state index contributed by atoms with van der Waals surface area (Å²) in [5.74, 6) is 0. The summed E-state index contributed by atoms with van der Waals surface area (Å²) in [7, 11) is 0. The SMILES string of the molecule is CCCCCC.CCCCCCCCCCCCCCCCCCO. The van der Waals surface area contributed by atoms with Gasteiger partial charge in [-0.1, -0.05) is 143 Å². The van der Waals surface area contributed by atoms with E-state index >= 15 is 0 Å². The molecule has 0 saturated heterocycles. The van der Waals surface area contributed by atoms with Gasteiger partial charge in [0.05, 0.1) is 0 Å². The van der Waals surface area contributed by atoms with Crippen molar-refractivity contribution < 1.29 is 5.11 Å². The third-order valence-electron chi connectivity index (χ3n) is 4.97. The van der Waals surface area contributed by atoms with Crippen LogP contribution < -0.4 is 0 Å². The van der Waals surface area contributed by atoms with Crippen LogP contribution in [0.1, 0.15) is 149 Å². The average molecular weight is 357 g/mol. The Morgan fingerprint density at radius 2 is 0.520 bits per heavy atom. The van der Waals surface area contributed by atoms with Crippen LogP contribution in [0.25, 0.3) is 0 Å². The molecule has 0 aliphatic heterocycles. The van der Waals surface area contributed by atoms with E-state index in [0.717, 1.165) is 6.42 Å². The Morgan fingerprint density at radius 3 is 0.760 bits per heavy atom. The molecule has 0 fully saturated rings. The van der Waals surface area contributed by atoms with Gasteiger partial charge in [-0.3, -0.25) is 0 Å². The third-order valence-corrected chi connectivity index (χ3v) is 4.97. The maximum absolute atomic E-state index is 8.67. The third kappa shape index (κ3) is 32.1. The van der Waals surface area contributed by atoms with Gasteiger partial charge in [0, 0.05) is 6.61 Å². The summed E-state index contributed by atoms with van der Waals surface area (Å²) in [4.78, 5) is 0. The van der Waals surface area contributed by atoms with Crippen LogP contribution in [0.4, 0.5) is 0 Å². The fraction of sp³-hybridized carbons (Fsp3) is 1.00. The number of rotatable bonds is 19. The summed E-state index contributed by atoms with van der Waals surface area (Å²) < 4.78 is 0. The van der Waals surface area contributed by atoms with Crippen molar-refractivity contribution >= 4 is 0 Å². The van der Waals surface area contributed by atoms with Gasteiger partial charge in [0.15, 0.2) is 0 Å². The number of unbranched alkanes of at least 4 members (excludes halogenated alkanes) is 18. The minimum Gasteiger partial charge on any atom is -0.396 e. The first-order valence-corrected chi connectivity index (χ1v) is 11.9. The van der Waals surface area contributed by atoms with Crippen molar-refractivity contribution in [2.75, 3.05) is 6.61 Å². The largest absolute Gasteiger partial charge is 0.396 e. The van der Waals surface area contributed by atoms with Crippen LogP contribution in [-0.4, -0.2) is 11.7 Å². The van der Waals surface area contributed by atoms with Crippen LogP contribution in [0.3, 0.4) is 0 Å². The molecule has 0 unspecified atom stereocenters. The zero-order chi connectivity index (χ0) is 18.8. The van der Waals surface area contributed by atoms with E-state index < -0.39 is 0 Å². The molecule has 0 atom stereocenters. The molecule has 1 nitrogen and oxygen atoms in total. The van der Waals surface area contributed by atoms with Crippen molar-refractivity contribution in [2.45, 2.75) is 149 Å². The lowest BCUT2D eigenvalue weighted by Crippen LogP contribution is -1.85. The molecule has 0 bridgehead atoms. The van der Waals surface area contributed by atoms with Crippen LogP contribution in [0, 0.1) is 0 Å². The van der Waals surface area contributed by atoms with E-state index in [1.54, 1.807) is 0 Å². The monoisotopic (exact) mass is 356 g/mol. The molecule has 0 saturated carbocycles. The van der Waals surface area contributed by atoms with E-state index in [-0.39, 0.29) is 0 Å². The molecule has 0 aliphatic carbocycles. The fourth-order valence-corrected chi connectivity index (χ4v) is 3.16. The Balaban J connectivity index is 0. The lowest BCUT2D eigenvalue weighted by Gasteiger charge is -2.03. The second-order valence-corrected chi connectivity index (χ2v) is 7.73. The van der Waals surface area contributed by atoms with E-state index in [2.05, 4.69) is 20.8 Å². The molecule has 25 heavy (non-hydrogen) atoms. The summed E-state index contributed by atoms with van der Waals surface area (Å²) in [5.41, 5.74) is 0. The van der Waals surface area contributed by atoms with Crippen LogP contribution in [0.5, 0.6) is 0 Å². The van der Waals surface area contributed by atoms with Gasteiger partial charge in [-0.05, 0) is 6.42 Å². The Labute approximate surface area is 161 Å². The number of hydrogen-bond acceptors (Lipinski definition) is 1. The van der Waals surface area contributed by atoms with Crippen molar-refractivity contribution in [2.24, 2.45) is 0 Å². The highest BCUT2D eigenvalue weighted by Gasteiger charge is 1.94. The van der Waals surface area contributed by atoms with Crippen molar-refractivity contribution in [1.29, 1.82) is 0 Å². The van der Waals surface area contributed by atoms with Gasteiger partial charge in [0.1, 0.15) is 0 Å². The highest BCUT2D eigenvalue weighted by atomic mass is 16.2. The first-order valence-electron chi connectivity index (χ1n) is 11.9. The molecule has 0 radical (unpaired) electrons. The molecule has 0 spiro atoms. The second kappa shape index (κ2) is 28.8. The molecule has 0 aromatic carbocycles. The summed E-state index contributed by atoms with van der Waals surface area (Å²) >= 11 is 0. The maximum Gasteiger partial charge on any atom is 0.0431 e. The highest BCUT2D eigenvalue weighted by molar-refractivity contribution is 4.49. The normalized spacial score (nSPS) is 10.6. The minimum atomic E-state index is 0.373. The predicted octanol–water partition coefficient (Wildman–Crippen LogP) is 8.83. The molecule has 0 rings (SSSR count). The summed E-state index contributed by atoms with van der Waals surface area (Å²) in [5, 5.41) is 8.67. The van der Waals surface area contributed by atoms with Gasteiger partial charge in [-0.2, -0.15) is 0 Å². The first-order chi connectivity index (χ1) is 12.3. The smallest absolute Gasteiger partial charge is 0.0431 e. The fourth-order valence-electron chi connectivity index (χ4n) is 3.16. The Kier molecular flexibility index (Phi) is 31.3. The molecule has 0 heterocycles. The number of hydrogen-bond donors (Lipinski definition) is 1. The van der Waals surface area contributed by atoms with E-state index in [0.29, 0.717) is 6.61 Å². The average Bonchev–Trinajstić information content (AvgIpc) is 2.64. The molecule has 1 N–H and O–H groups in total. The Morgan fingerprint density at radius 1 is 0.320 bits per heavy atom. The number of aliphatic hydroxyl groups excluding tert-OH is 1. The van der Waals surface area contributed by atoms with Crippen molar-refractivity contribution in [3.8, 4) is 0 Å². The second-order valence-electron chi connectivity index (χ2n) is 7.73. The van der Waals surface area contributed by atoms with Gasteiger partial charge < -0.3 is 5.11 Å². The minimum absolute atomic E-state index is 0.373. The van der Waals surface area contributed by atoms with Gasteiger partial charge in [0.25, 0.3) is 0 Å². The molecule has 0 amide bonds. The maximum atomic E-state index is 8.67. The summed E-state index contributed by atoms with van der Waals surface area (Å²) in [6, 6.07) is 0. The lowest BCUT2D eigenvalue weighted by molar-refractivity contribution is 0.282. The molecular weight excluding hydrogens is 304 g/mol. The zero-order valence-corrected chi connectivity index (χ0v) is 18.3.